The Morgan fingerprint density at radius 2 is 1.73 bits per heavy atom. The molecule has 3 amide bonds. The minimum absolute atomic E-state index is 0.0769. The van der Waals surface area contributed by atoms with E-state index >= 15 is 0 Å². The maximum absolute atomic E-state index is 12.4. The Hall–Kier alpha value is -1.30. The molecule has 1 heterocycles. The summed E-state index contributed by atoms with van der Waals surface area (Å²) in [5.74, 6) is 0.432. The number of piperidine rings is 1. The number of amides is 3. The van der Waals surface area contributed by atoms with Gasteiger partial charge in [-0.05, 0) is 66.0 Å². The minimum Gasteiger partial charge on any atom is -0.342 e. The molecule has 1 aliphatic heterocycles. The van der Waals surface area contributed by atoms with Crippen molar-refractivity contribution in [2.24, 2.45) is 5.92 Å². The summed E-state index contributed by atoms with van der Waals surface area (Å²) in [4.78, 5) is 28.7. The minimum atomic E-state index is -0.0769. The second kappa shape index (κ2) is 12.2. The summed E-state index contributed by atoms with van der Waals surface area (Å²) >= 11 is 0. The quantitative estimate of drug-likeness (QED) is 0.583. The lowest BCUT2D eigenvalue weighted by Gasteiger charge is -2.34. The van der Waals surface area contributed by atoms with Gasteiger partial charge in [-0.25, -0.2) is 4.79 Å². The van der Waals surface area contributed by atoms with Crippen LogP contribution in [0.5, 0.6) is 0 Å². The lowest BCUT2D eigenvalue weighted by molar-refractivity contribution is -0.136. The van der Waals surface area contributed by atoms with Gasteiger partial charge < -0.3 is 20.4 Å². The highest BCUT2D eigenvalue weighted by molar-refractivity contribution is 5.79. The Kier molecular flexibility index (Phi) is 10.6. The van der Waals surface area contributed by atoms with Gasteiger partial charge in [0.1, 0.15) is 0 Å². The van der Waals surface area contributed by atoms with Crippen molar-refractivity contribution in [3.63, 3.8) is 0 Å². The first kappa shape index (κ1) is 22.7. The maximum Gasteiger partial charge on any atom is 0.315 e. The van der Waals surface area contributed by atoms with Gasteiger partial charge in [0.05, 0.1) is 0 Å². The monoisotopic (exact) mass is 368 g/mol. The summed E-state index contributed by atoms with van der Waals surface area (Å²) in [7, 11) is 2.13. The number of hydrogen-bond acceptors (Lipinski definition) is 3. The first-order chi connectivity index (χ1) is 12.4. The molecule has 1 aliphatic rings. The van der Waals surface area contributed by atoms with Crippen molar-refractivity contribution >= 4 is 11.9 Å². The Labute approximate surface area is 160 Å². The van der Waals surface area contributed by atoms with Gasteiger partial charge in [-0.1, -0.05) is 13.8 Å². The van der Waals surface area contributed by atoms with Gasteiger partial charge in [0.15, 0.2) is 0 Å². The van der Waals surface area contributed by atoms with Crippen LogP contribution in [0.1, 0.15) is 66.2 Å². The SMILES string of the molecule is CCC(CC)C(=O)N1CCC(NC(=O)NCCCCN(C)C(C)C)CC1. The molecule has 0 bridgehead atoms. The summed E-state index contributed by atoms with van der Waals surface area (Å²) in [6.07, 6.45) is 5.58. The first-order valence-corrected chi connectivity index (χ1v) is 10.4. The van der Waals surface area contributed by atoms with E-state index in [-0.39, 0.29) is 23.9 Å². The van der Waals surface area contributed by atoms with Crippen LogP contribution in [0.3, 0.4) is 0 Å². The molecule has 2 N–H and O–H groups in total. The third-order valence-electron chi connectivity index (χ3n) is 5.58. The van der Waals surface area contributed by atoms with E-state index in [1.165, 1.54) is 0 Å². The van der Waals surface area contributed by atoms with Crippen LogP contribution >= 0.6 is 0 Å². The average Bonchev–Trinajstić information content (AvgIpc) is 2.62. The summed E-state index contributed by atoms with van der Waals surface area (Å²) < 4.78 is 0. The summed E-state index contributed by atoms with van der Waals surface area (Å²) in [5, 5.41) is 6.01. The van der Waals surface area contributed by atoms with Gasteiger partial charge in [-0.15, -0.1) is 0 Å². The largest absolute Gasteiger partial charge is 0.342 e. The predicted octanol–water partition coefficient (Wildman–Crippen LogP) is 2.83. The van der Waals surface area contributed by atoms with Crippen molar-refractivity contribution in [1.29, 1.82) is 0 Å². The third kappa shape index (κ3) is 7.94. The van der Waals surface area contributed by atoms with E-state index in [0.717, 1.165) is 58.2 Å². The summed E-state index contributed by atoms with van der Waals surface area (Å²) in [6.45, 7) is 11.8. The molecular weight excluding hydrogens is 328 g/mol. The van der Waals surface area contributed by atoms with Crippen LogP contribution < -0.4 is 10.6 Å². The van der Waals surface area contributed by atoms with Gasteiger partial charge >= 0.3 is 6.03 Å². The lowest BCUT2D eigenvalue weighted by atomic mass is 9.98. The van der Waals surface area contributed by atoms with Crippen molar-refractivity contribution in [2.45, 2.75) is 78.3 Å². The molecule has 152 valence electrons. The highest BCUT2D eigenvalue weighted by Gasteiger charge is 2.27. The van der Waals surface area contributed by atoms with Crippen molar-refractivity contribution in [3.05, 3.63) is 0 Å². The fourth-order valence-corrected chi connectivity index (χ4v) is 3.32. The molecular formula is C20H40N4O2. The van der Waals surface area contributed by atoms with Crippen LogP contribution in [0.25, 0.3) is 0 Å². The Balaban J connectivity index is 2.16. The first-order valence-electron chi connectivity index (χ1n) is 10.4. The highest BCUT2D eigenvalue weighted by atomic mass is 16.2. The Morgan fingerprint density at radius 1 is 1.12 bits per heavy atom. The second-order valence-corrected chi connectivity index (χ2v) is 7.79. The van der Waals surface area contributed by atoms with Gasteiger partial charge in [0.2, 0.25) is 5.91 Å². The van der Waals surface area contributed by atoms with Crippen LogP contribution in [0.4, 0.5) is 4.79 Å². The molecule has 0 aromatic heterocycles. The smallest absolute Gasteiger partial charge is 0.315 e. The summed E-state index contributed by atoms with van der Waals surface area (Å²) in [6, 6.07) is 0.661. The number of carbonyl (C=O) groups excluding carboxylic acids is 2. The van der Waals surface area contributed by atoms with E-state index in [1.54, 1.807) is 0 Å². The van der Waals surface area contributed by atoms with Gasteiger partial charge in [-0.2, -0.15) is 0 Å². The molecule has 0 saturated carbocycles. The number of nitrogens with zero attached hydrogens (tertiary/aromatic N) is 2. The summed E-state index contributed by atoms with van der Waals surface area (Å²) in [5.41, 5.74) is 0. The van der Waals surface area contributed by atoms with E-state index in [2.05, 4.69) is 50.3 Å². The standard InChI is InChI=1S/C20H40N4O2/c1-6-17(7-2)19(25)24-14-10-18(11-15-24)22-20(26)21-12-8-9-13-23(5)16(3)4/h16-18H,6-15H2,1-5H3,(H2,21,22,26). The van der Waals surface area contributed by atoms with Crippen LogP contribution in [0, 0.1) is 5.92 Å². The van der Waals surface area contributed by atoms with Gasteiger partial charge in [0.25, 0.3) is 0 Å². The average molecular weight is 369 g/mol. The molecule has 0 unspecified atom stereocenters. The topological polar surface area (TPSA) is 64.7 Å². The molecule has 26 heavy (non-hydrogen) atoms. The molecule has 1 saturated heterocycles. The molecule has 0 aromatic rings. The number of hydrogen-bond donors (Lipinski definition) is 2. The van der Waals surface area contributed by atoms with Crippen molar-refractivity contribution in [1.82, 2.24) is 20.4 Å². The number of carbonyl (C=O) groups is 2. The highest BCUT2D eigenvalue weighted by Crippen LogP contribution is 2.17. The van der Waals surface area contributed by atoms with E-state index in [1.807, 2.05) is 4.90 Å². The lowest BCUT2D eigenvalue weighted by Crippen LogP contribution is -2.50. The van der Waals surface area contributed by atoms with Gasteiger partial charge in [0, 0.05) is 37.6 Å². The maximum atomic E-state index is 12.4. The fourth-order valence-electron chi connectivity index (χ4n) is 3.32. The van der Waals surface area contributed by atoms with Crippen LogP contribution in [-0.2, 0) is 4.79 Å². The zero-order chi connectivity index (χ0) is 19.5. The number of rotatable bonds is 10. The van der Waals surface area contributed by atoms with Crippen LogP contribution in [0.2, 0.25) is 0 Å². The molecule has 0 aliphatic carbocycles. The molecule has 0 aromatic carbocycles. The number of unbranched alkanes of at least 4 members (excludes halogenated alkanes) is 1. The molecule has 1 rings (SSSR count). The van der Waals surface area contributed by atoms with E-state index in [4.69, 9.17) is 0 Å². The number of nitrogens with one attached hydrogen (secondary N) is 2. The molecule has 0 atom stereocenters. The Morgan fingerprint density at radius 3 is 2.27 bits per heavy atom. The van der Waals surface area contributed by atoms with Crippen molar-refractivity contribution < 1.29 is 9.59 Å². The fraction of sp³-hybridized carbons (Fsp3) is 0.900. The Bertz CT molecular complexity index is 416. The number of likely N-dealkylation sites (tertiary alicyclic amines) is 1. The third-order valence-corrected chi connectivity index (χ3v) is 5.58. The van der Waals surface area contributed by atoms with Crippen molar-refractivity contribution in [2.75, 3.05) is 33.2 Å². The normalized spacial score (nSPS) is 15.8. The van der Waals surface area contributed by atoms with Crippen molar-refractivity contribution in [3.8, 4) is 0 Å². The van der Waals surface area contributed by atoms with Gasteiger partial charge in [-0.3, -0.25) is 4.79 Å². The van der Waals surface area contributed by atoms with Crippen LogP contribution in [0.15, 0.2) is 0 Å². The van der Waals surface area contributed by atoms with E-state index in [0.29, 0.717) is 12.6 Å². The molecule has 0 radical (unpaired) electrons. The molecule has 1 fully saturated rings. The number of urea groups is 1. The second-order valence-electron chi connectivity index (χ2n) is 7.79. The zero-order valence-electron chi connectivity index (χ0n) is 17.5. The predicted molar refractivity (Wildman–Crippen MR) is 107 cm³/mol. The van der Waals surface area contributed by atoms with E-state index < -0.39 is 0 Å². The van der Waals surface area contributed by atoms with E-state index in [9.17, 15) is 9.59 Å². The zero-order valence-corrected chi connectivity index (χ0v) is 17.5. The molecule has 6 heteroatoms. The molecule has 6 nitrogen and oxygen atoms in total. The van der Waals surface area contributed by atoms with Crippen LogP contribution in [-0.4, -0.2) is 67.0 Å². The molecule has 0 spiro atoms.